The monoisotopic (exact) mass is 645 g/mol. The molecule has 8 nitrogen and oxygen atoms in total. The van der Waals surface area contributed by atoms with Crippen LogP contribution in [0.2, 0.25) is 5.02 Å². The van der Waals surface area contributed by atoms with Crippen LogP contribution < -0.4 is 20.5 Å². The molecular weight excluding hydrogens is 606 g/mol. The minimum Gasteiger partial charge on any atom is -0.492 e. The normalized spacial score (nSPS) is 13.1. The number of halogens is 1. The SMILES string of the molecule is CCOc1ccc(N(CC)CC)cc1-n1c(C=C(C)C)c(C(=O)N2CCNCC2)cc(-c2nc(-c3ccc(Cl)cc3)cs2)c1=O. The molecule has 0 bridgehead atoms. The number of pyridine rings is 1. The average Bonchev–Trinajstić information content (AvgIpc) is 3.53. The van der Waals surface area contributed by atoms with Crippen LogP contribution in [-0.2, 0) is 0 Å². The van der Waals surface area contributed by atoms with Crippen LogP contribution in [0.3, 0.4) is 0 Å². The summed E-state index contributed by atoms with van der Waals surface area (Å²) in [5, 5.41) is 6.43. The van der Waals surface area contributed by atoms with E-state index in [4.69, 9.17) is 21.3 Å². The van der Waals surface area contributed by atoms with Gasteiger partial charge in [0.25, 0.3) is 11.5 Å². The third-order valence-corrected chi connectivity index (χ3v) is 8.91. The van der Waals surface area contributed by atoms with Crippen molar-refractivity contribution in [3.05, 3.63) is 86.1 Å². The topological polar surface area (TPSA) is 79.7 Å². The fourth-order valence-corrected chi connectivity index (χ4v) is 6.50. The van der Waals surface area contributed by atoms with E-state index < -0.39 is 0 Å². The number of ether oxygens (including phenoxy) is 1. The first kappa shape index (κ1) is 32.5. The second-order valence-corrected chi connectivity index (χ2v) is 12.4. The van der Waals surface area contributed by atoms with Crippen molar-refractivity contribution in [2.24, 2.45) is 0 Å². The molecule has 1 aliphatic heterocycles. The van der Waals surface area contributed by atoms with Crippen LogP contribution in [0.5, 0.6) is 5.75 Å². The first-order valence-electron chi connectivity index (χ1n) is 15.4. The molecule has 1 amide bonds. The van der Waals surface area contributed by atoms with Crippen molar-refractivity contribution in [1.29, 1.82) is 0 Å². The molecule has 236 valence electrons. The van der Waals surface area contributed by atoms with Crippen molar-refractivity contribution < 1.29 is 9.53 Å². The second kappa shape index (κ2) is 14.5. The zero-order chi connectivity index (χ0) is 32.1. The van der Waals surface area contributed by atoms with E-state index >= 15 is 0 Å². The maximum absolute atomic E-state index is 14.8. The van der Waals surface area contributed by atoms with Gasteiger partial charge in [0.05, 0.1) is 34.8 Å². The quantitative estimate of drug-likeness (QED) is 0.200. The number of nitrogens with one attached hydrogen (secondary N) is 1. The van der Waals surface area contributed by atoms with Crippen LogP contribution in [0.25, 0.3) is 33.6 Å². The molecule has 5 rings (SSSR count). The minimum absolute atomic E-state index is 0.119. The Morgan fingerprint density at radius 3 is 2.42 bits per heavy atom. The molecule has 0 unspecified atom stereocenters. The summed E-state index contributed by atoms with van der Waals surface area (Å²) in [6.45, 7) is 14.7. The summed E-state index contributed by atoms with van der Waals surface area (Å²) in [5.74, 6) is 0.448. The van der Waals surface area contributed by atoms with E-state index in [1.807, 2.05) is 79.6 Å². The third kappa shape index (κ3) is 7.01. The second-order valence-electron chi connectivity index (χ2n) is 11.1. The molecular formula is C35H40ClN5O3S. The number of carbonyl (C=O) groups is 1. The highest BCUT2D eigenvalue weighted by Crippen LogP contribution is 2.34. The number of carbonyl (C=O) groups excluding carboxylic acids is 1. The number of hydrogen-bond donors (Lipinski definition) is 1. The molecule has 45 heavy (non-hydrogen) atoms. The average molecular weight is 646 g/mol. The number of nitrogens with zero attached hydrogens (tertiary/aromatic N) is 4. The Hall–Kier alpha value is -3.92. The number of thiazole rings is 1. The molecule has 3 heterocycles. The van der Waals surface area contributed by atoms with Crippen LogP contribution >= 0.6 is 22.9 Å². The van der Waals surface area contributed by atoms with E-state index in [1.54, 1.807) is 10.6 Å². The van der Waals surface area contributed by atoms with Gasteiger partial charge in [-0.1, -0.05) is 29.3 Å². The summed E-state index contributed by atoms with van der Waals surface area (Å²) in [6, 6.07) is 15.1. The van der Waals surface area contributed by atoms with Gasteiger partial charge in [0.2, 0.25) is 0 Å². The number of benzene rings is 2. The number of rotatable bonds is 10. The van der Waals surface area contributed by atoms with Gasteiger partial charge in [0.15, 0.2) is 0 Å². The molecule has 0 aliphatic carbocycles. The summed E-state index contributed by atoms with van der Waals surface area (Å²) < 4.78 is 7.77. The number of anilines is 1. The van der Waals surface area contributed by atoms with E-state index in [-0.39, 0.29) is 11.5 Å². The molecule has 0 spiro atoms. The Kier molecular flexibility index (Phi) is 10.4. The summed E-state index contributed by atoms with van der Waals surface area (Å²) in [7, 11) is 0. The standard InChI is InChI=1S/C35H40ClN5O3S/c1-6-39(7-2)26-13-14-32(44-8-3)31(20-26)41-30(19-23(4)5)27(34(42)40-17-15-37-16-18-40)21-28(35(41)43)33-38-29(22-45-33)24-9-11-25(36)12-10-24/h9-14,19-22,37H,6-8,15-18H2,1-5H3. The minimum atomic E-state index is -0.269. The fourth-order valence-electron chi connectivity index (χ4n) is 5.54. The lowest BCUT2D eigenvalue weighted by Crippen LogP contribution is -2.47. The number of allylic oxidation sites excluding steroid dienone is 1. The summed E-state index contributed by atoms with van der Waals surface area (Å²) in [4.78, 5) is 38.0. The summed E-state index contributed by atoms with van der Waals surface area (Å²) in [5.41, 5.74) is 5.21. The largest absolute Gasteiger partial charge is 0.492 e. The number of hydrogen-bond acceptors (Lipinski definition) is 7. The molecule has 1 fully saturated rings. The number of aromatic nitrogens is 2. The number of amides is 1. The fraction of sp³-hybridized carbons (Fsp3) is 0.343. The van der Waals surface area contributed by atoms with E-state index in [0.29, 0.717) is 71.1 Å². The van der Waals surface area contributed by atoms with Gasteiger partial charge in [-0.15, -0.1) is 11.3 Å². The molecule has 1 aliphatic rings. The Morgan fingerprint density at radius 2 is 1.78 bits per heavy atom. The molecule has 0 radical (unpaired) electrons. The van der Waals surface area contributed by atoms with Crippen molar-refractivity contribution in [2.75, 3.05) is 50.8 Å². The van der Waals surface area contributed by atoms with Gasteiger partial charge in [-0.3, -0.25) is 14.2 Å². The molecule has 1 N–H and O–H groups in total. The zero-order valence-corrected chi connectivity index (χ0v) is 28.1. The molecule has 1 saturated heterocycles. The molecule has 0 saturated carbocycles. The van der Waals surface area contributed by atoms with Gasteiger partial charge in [-0.25, -0.2) is 4.98 Å². The van der Waals surface area contributed by atoms with E-state index in [2.05, 4.69) is 24.1 Å². The van der Waals surface area contributed by atoms with Crippen LogP contribution in [0.4, 0.5) is 5.69 Å². The lowest BCUT2D eigenvalue weighted by Gasteiger charge is -2.29. The molecule has 0 atom stereocenters. The first-order chi connectivity index (χ1) is 21.7. The van der Waals surface area contributed by atoms with Gasteiger partial charge >= 0.3 is 0 Å². The van der Waals surface area contributed by atoms with Gasteiger partial charge in [-0.2, -0.15) is 0 Å². The van der Waals surface area contributed by atoms with Crippen molar-refractivity contribution in [3.63, 3.8) is 0 Å². The highest BCUT2D eigenvalue weighted by Gasteiger charge is 2.27. The Morgan fingerprint density at radius 1 is 1.07 bits per heavy atom. The smallest absolute Gasteiger partial charge is 0.266 e. The maximum Gasteiger partial charge on any atom is 0.266 e. The molecule has 10 heteroatoms. The molecule has 2 aromatic carbocycles. The van der Waals surface area contributed by atoms with E-state index in [1.165, 1.54) is 11.3 Å². The van der Waals surface area contributed by atoms with Crippen molar-refractivity contribution in [2.45, 2.75) is 34.6 Å². The van der Waals surface area contributed by atoms with Crippen LogP contribution in [0, 0.1) is 0 Å². The molecule has 4 aromatic rings. The van der Waals surface area contributed by atoms with Crippen LogP contribution in [0.15, 0.2) is 64.3 Å². The first-order valence-corrected chi connectivity index (χ1v) is 16.7. The maximum atomic E-state index is 14.8. The Bertz CT molecular complexity index is 1750. The van der Waals surface area contributed by atoms with Crippen molar-refractivity contribution in [1.82, 2.24) is 19.8 Å². The predicted molar refractivity (Wildman–Crippen MR) is 186 cm³/mol. The van der Waals surface area contributed by atoms with Gasteiger partial charge in [0, 0.05) is 60.9 Å². The zero-order valence-electron chi connectivity index (χ0n) is 26.5. The van der Waals surface area contributed by atoms with Gasteiger partial charge in [0.1, 0.15) is 10.8 Å². The number of piperazine rings is 1. The van der Waals surface area contributed by atoms with Crippen LogP contribution in [-0.4, -0.2) is 66.2 Å². The van der Waals surface area contributed by atoms with Gasteiger partial charge in [-0.05, 0) is 77.1 Å². The summed E-state index contributed by atoms with van der Waals surface area (Å²) in [6.07, 6.45) is 1.92. The lowest BCUT2D eigenvalue weighted by molar-refractivity contribution is 0.0735. The summed E-state index contributed by atoms with van der Waals surface area (Å²) >= 11 is 7.50. The lowest BCUT2D eigenvalue weighted by atomic mass is 10.0. The van der Waals surface area contributed by atoms with Crippen molar-refractivity contribution in [3.8, 4) is 33.3 Å². The van der Waals surface area contributed by atoms with Gasteiger partial charge < -0.3 is 19.9 Å². The van der Waals surface area contributed by atoms with E-state index in [9.17, 15) is 9.59 Å². The Balaban J connectivity index is 1.82. The predicted octanol–water partition coefficient (Wildman–Crippen LogP) is 6.99. The molecule has 2 aromatic heterocycles. The Labute approximate surface area is 273 Å². The highest BCUT2D eigenvalue weighted by atomic mass is 35.5. The van der Waals surface area contributed by atoms with E-state index in [0.717, 1.165) is 35.6 Å². The highest BCUT2D eigenvalue weighted by molar-refractivity contribution is 7.13. The van der Waals surface area contributed by atoms with Crippen LogP contribution in [0.1, 0.15) is 50.7 Å². The van der Waals surface area contributed by atoms with Crippen molar-refractivity contribution >= 4 is 40.6 Å². The third-order valence-electron chi connectivity index (χ3n) is 7.79.